The van der Waals surface area contributed by atoms with E-state index in [2.05, 4.69) is 5.32 Å². The summed E-state index contributed by atoms with van der Waals surface area (Å²) in [5.74, 6) is -0.0927. The molecule has 1 aromatic rings. The van der Waals surface area contributed by atoms with Gasteiger partial charge >= 0.3 is 0 Å². The zero-order valence-corrected chi connectivity index (χ0v) is 13.5. The number of amides is 2. The van der Waals surface area contributed by atoms with Crippen LogP contribution in [0.1, 0.15) is 25.8 Å². The van der Waals surface area contributed by atoms with E-state index < -0.39 is 6.04 Å². The first kappa shape index (κ1) is 16.1. The van der Waals surface area contributed by atoms with Crippen molar-refractivity contribution in [2.75, 3.05) is 6.54 Å². The number of carbonyl (C=O) groups is 2. The summed E-state index contributed by atoms with van der Waals surface area (Å²) in [6.45, 7) is 4.33. The Hall–Kier alpha value is -1.26. The first-order valence-corrected chi connectivity index (χ1v) is 7.70. The molecule has 0 spiro atoms. The van der Waals surface area contributed by atoms with Crippen molar-refractivity contribution < 1.29 is 9.59 Å². The molecule has 2 rings (SSSR count). The first-order chi connectivity index (χ1) is 9.92. The SMILES string of the molecule is CCC(C)C1NC(=O)CN(Cc2ccc(Cl)cc2Cl)C1=O. The summed E-state index contributed by atoms with van der Waals surface area (Å²) in [5.41, 5.74) is 0.784. The number of halogens is 2. The Morgan fingerprint density at radius 1 is 1.38 bits per heavy atom. The summed E-state index contributed by atoms with van der Waals surface area (Å²) >= 11 is 12.0. The number of benzene rings is 1. The van der Waals surface area contributed by atoms with Gasteiger partial charge in [0.05, 0.1) is 6.54 Å². The van der Waals surface area contributed by atoms with Crippen molar-refractivity contribution in [3.8, 4) is 0 Å². The van der Waals surface area contributed by atoms with Gasteiger partial charge < -0.3 is 10.2 Å². The predicted octanol–water partition coefficient (Wildman–Crippen LogP) is 2.87. The average Bonchev–Trinajstić information content (AvgIpc) is 2.44. The summed E-state index contributed by atoms with van der Waals surface area (Å²) in [5, 5.41) is 3.82. The lowest BCUT2D eigenvalue weighted by atomic mass is 9.96. The molecule has 1 aliphatic rings. The molecule has 0 saturated carbocycles. The van der Waals surface area contributed by atoms with E-state index in [1.54, 1.807) is 23.1 Å². The third-order valence-corrected chi connectivity index (χ3v) is 4.40. The van der Waals surface area contributed by atoms with Gasteiger partial charge in [-0.2, -0.15) is 0 Å². The van der Waals surface area contributed by atoms with Gasteiger partial charge in [-0.15, -0.1) is 0 Å². The van der Waals surface area contributed by atoms with E-state index in [1.807, 2.05) is 13.8 Å². The van der Waals surface area contributed by atoms with Gasteiger partial charge in [0.1, 0.15) is 6.04 Å². The van der Waals surface area contributed by atoms with Crippen molar-refractivity contribution in [3.63, 3.8) is 0 Å². The van der Waals surface area contributed by atoms with Gasteiger partial charge in [-0.25, -0.2) is 0 Å². The summed E-state index contributed by atoms with van der Waals surface area (Å²) in [4.78, 5) is 25.9. The number of rotatable bonds is 4. The fourth-order valence-electron chi connectivity index (χ4n) is 2.34. The molecule has 21 heavy (non-hydrogen) atoms. The Labute approximate surface area is 134 Å². The molecular weight excluding hydrogens is 311 g/mol. The van der Waals surface area contributed by atoms with Gasteiger partial charge in [0, 0.05) is 16.6 Å². The van der Waals surface area contributed by atoms with Crippen molar-refractivity contribution >= 4 is 35.0 Å². The number of carbonyl (C=O) groups excluding carboxylic acids is 2. The highest BCUT2D eigenvalue weighted by Gasteiger charge is 2.35. The molecule has 1 saturated heterocycles. The quantitative estimate of drug-likeness (QED) is 0.923. The van der Waals surface area contributed by atoms with Crippen molar-refractivity contribution in [3.05, 3.63) is 33.8 Å². The van der Waals surface area contributed by atoms with Crippen LogP contribution >= 0.6 is 23.2 Å². The highest BCUT2D eigenvalue weighted by Crippen LogP contribution is 2.24. The number of hydrogen-bond acceptors (Lipinski definition) is 2. The molecule has 0 aliphatic carbocycles. The minimum atomic E-state index is -0.456. The van der Waals surface area contributed by atoms with Gasteiger partial charge in [0.2, 0.25) is 11.8 Å². The van der Waals surface area contributed by atoms with Crippen molar-refractivity contribution in [2.45, 2.75) is 32.9 Å². The maximum absolute atomic E-state index is 12.5. The maximum atomic E-state index is 12.5. The second kappa shape index (κ2) is 6.67. The Morgan fingerprint density at radius 2 is 2.10 bits per heavy atom. The van der Waals surface area contributed by atoms with Gasteiger partial charge in [0.25, 0.3) is 0 Å². The Kier molecular flexibility index (Phi) is 5.12. The second-order valence-corrected chi connectivity index (χ2v) is 6.20. The van der Waals surface area contributed by atoms with E-state index >= 15 is 0 Å². The summed E-state index contributed by atoms with van der Waals surface area (Å²) in [7, 11) is 0. The molecule has 1 aromatic carbocycles. The van der Waals surface area contributed by atoms with E-state index in [1.165, 1.54) is 0 Å². The number of nitrogens with one attached hydrogen (secondary N) is 1. The van der Waals surface area contributed by atoms with E-state index in [0.717, 1.165) is 12.0 Å². The molecule has 0 aromatic heterocycles. The number of hydrogen-bond donors (Lipinski definition) is 1. The lowest BCUT2D eigenvalue weighted by molar-refractivity contribution is -0.146. The summed E-state index contributed by atoms with van der Waals surface area (Å²) in [6, 6.07) is 4.69. The molecule has 6 heteroatoms. The van der Waals surface area contributed by atoms with Gasteiger partial charge in [0.15, 0.2) is 0 Å². The number of piperazine rings is 1. The molecule has 4 nitrogen and oxygen atoms in total. The van der Waals surface area contributed by atoms with Crippen LogP contribution in [0.3, 0.4) is 0 Å². The summed E-state index contributed by atoms with van der Waals surface area (Å²) < 4.78 is 0. The molecular formula is C15H18Cl2N2O2. The molecule has 0 radical (unpaired) electrons. The molecule has 2 amide bonds. The molecule has 0 bridgehead atoms. The monoisotopic (exact) mass is 328 g/mol. The fraction of sp³-hybridized carbons (Fsp3) is 0.467. The van der Waals surface area contributed by atoms with Gasteiger partial charge in [-0.3, -0.25) is 9.59 Å². The van der Waals surface area contributed by atoms with Crippen molar-refractivity contribution in [1.82, 2.24) is 10.2 Å². The number of nitrogens with zero attached hydrogens (tertiary/aromatic N) is 1. The normalized spacial score (nSPS) is 20.4. The minimum absolute atomic E-state index is 0.0602. The van der Waals surface area contributed by atoms with Crippen molar-refractivity contribution in [1.29, 1.82) is 0 Å². The zero-order chi connectivity index (χ0) is 15.6. The highest BCUT2D eigenvalue weighted by atomic mass is 35.5. The van der Waals surface area contributed by atoms with E-state index in [-0.39, 0.29) is 24.3 Å². The standard InChI is InChI=1S/C15H18Cl2N2O2/c1-3-9(2)14-15(21)19(8-13(20)18-14)7-10-4-5-11(16)6-12(10)17/h4-6,9,14H,3,7-8H2,1-2H3,(H,18,20). The molecule has 1 aliphatic heterocycles. The highest BCUT2D eigenvalue weighted by molar-refractivity contribution is 6.35. The first-order valence-electron chi connectivity index (χ1n) is 6.94. The van der Waals surface area contributed by atoms with Crippen LogP contribution in [0, 0.1) is 5.92 Å². The molecule has 1 N–H and O–H groups in total. The van der Waals surface area contributed by atoms with Crippen LogP contribution < -0.4 is 5.32 Å². The lowest BCUT2D eigenvalue weighted by Crippen LogP contribution is -2.59. The molecule has 114 valence electrons. The maximum Gasteiger partial charge on any atom is 0.246 e. The predicted molar refractivity (Wildman–Crippen MR) is 83.3 cm³/mol. The molecule has 1 heterocycles. The van der Waals surface area contributed by atoms with Gasteiger partial charge in [-0.1, -0.05) is 49.5 Å². The fourth-order valence-corrected chi connectivity index (χ4v) is 2.81. The molecule has 2 unspecified atom stereocenters. The Morgan fingerprint density at radius 3 is 2.71 bits per heavy atom. The average molecular weight is 329 g/mol. The van der Waals surface area contributed by atoms with Crippen LogP contribution in [0.25, 0.3) is 0 Å². The second-order valence-electron chi connectivity index (χ2n) is 5.36. The van der Waals surface area contributed by atoms with E-state index in [9.17, 15) is 9.59 Å². The smallest absolute Gasteiger partial charge is 0.246 e. The minimum Gasteiger partial charge on any atom is -0.342 e. The lowest BCUT2D eigenvalue weighted by Gasteiger charge is -2.35. The summed E-state index contributed by atoms with van der Waals surface area (Å²) in [6.07, 6.45) is 0.826. The van der Waals surface area contributed by atoms with Crippen LogP contribution in [-0.2, 0) is 16.1 Å². The van der Waals surface area contributed by atoms with Crippen LogP contribution in [0.2, 0.25) is 10.0 Å². The molecule has 2 atom stereocenters. The van der Waals surface area contributed by atoms with Crippen LogP contribution in [-0.4, -0.2) is 29.3 Å². The zero-order valence-electron chi connectivity index (χ0n) is 12.0. The third-order valence-electron chi connectivity index (χ3n) is 3.82. The van der Waals surface area contributed by atoms with Gasteiger partial charge in [-0.05, 0) is 23.6 Å². The van der Waals surface area contributed by atoms with Crippen LogP contribution in [0.5, 0.6) is 0 Å². The van der Waals surface area contributed by atoms with E-state index in [0.29, 0.717) is 16.6 Å². The third kappa shape index (κ3) is 3.69. The van der Waals surface area contributed by atoms with Crippen LogP contribution in [0.15, 0.2) is 18.2 Å². The van der Waals surface area contributed by atoms with Crippen LogP contribution in [0.4, 0.5) is 0 Å². The topological polar surface area (TPSA) is 49.4 Å². The molecule has 1 fully saturated rings. The van der Waals surface area contributed by atoms with Crippen molar-refractivity contribution in [2.24, 2.45) is 5.92 Å². The largest absolute Gasteiger partial charge is 0.342 e. The van der Waals surface area contributed by atoms with E-state index in [4.69, 9.17) is 23.2 Å². The Balaban J connectivity index is 2.18. The Bertz CT molecular complexity index is 563.